The highest BCUT2D eigenvalue weighted by molar-refractivity contribution is 5.83. The van der Waals surface area contributed by atoms with Crippen LogP contribution in [0.2, 0.25) is 0 Å². The molecular weight excluding hydrogens is 559 g/mol. The Hall–Kier alpha value is -4.59. The lowest BCUT2D eigenvalue weighted by molar-refractivity contribution is -0.137. The smallest absolute Gasteiger partial charge is 0.396 e. The second kappa shape index (κ2) is 11.4. The quantitative estimate of drug-likeness (QED) is 0.238. The molecule has 5 aromatic rings. The van der Waals surface area contributed by atoms with Crippen LogP contribution in [0.3, 0.4) is 0 Å². The number of aromatic nitrogens is 5. The van der Waals surface area contributed by atoms with E-state index in [0.29, 0.717) is 35.3 Å². The SMILES string of the molecule is CCCn1c(=O)c2c(cc(-c3cnn(Cc4cccc(C(F)(F)F)c4)c3)n2COCc2oc(=O)oc2C)n(CC)c1=O. The number of aryl methyl sites for hydroxylation is 2. The van der Waals surface area contributed by atoms with Gasteiger partial charge in [-0.05, 0) is 44.0 Å². The van der Waals surface area contributed by atoms with E-state index >= 15 is 0 Å². The van der Waals surface area contributed by atoms with E-state index in [-0.39, 0.29) is 43.5 Å². The average Bonchev–Trinajstić information content (AvgIpc) is 3.63. The minimum absolute atomic E-state index is 0.0718. The lowest BCUT2D eigenvalue weighted by atomic mass is 10.1. The number of rotatable bonds is 10. The normalized spacial score (nSPS) is 12.0. The van der Waals surface area contributed by atoms with Crippen LogP contribution in [0.5, 0.6) is 0 Å². The van der Waals surface area contributed by atoms with Gasteiger partial charge < -0.3 is 18.1 Å². The summed E-state index contributed by atoms with van der Waals surface area (Å²) in [7, 11) is 0. The molecule has 4 heterocycles. The molecule has 0 aliphatic heterocycles. The number of hydrogen-bond acceptors (Lipinski definition) is 7. The van der Waals surface area contributed by atoms with Crippen LogP contribution in [0.4, 0.5) is 13.2 Å². The van der Waals surface area contributed by atoms with Gasteiger partial charge in [-0.15, -0.1) is 0 Å². The highest BCUT2D eigenvalue weighted by Gasteiger charge is 2.30. The van der Waals surface area contributed by atoms with Crippen molar-refractivity contribution in [3.8, 4) is 11.3 Å². The Morgan fingerprint density at radius 2 is 1.81 bits per heavy atom. The summed E-state index contributed by atoms with van der Waals surface area (Å²) >= 11 is 0. The van der Waals surface area contributed by atoms with E-state index in [9.17, 15) is 27.6 Å². The molecule has 4 aromatic heterocycles. The number of alkyl halides is 3. The van der Waals surface area contributed by atoms with Gasteiger partial charge in [0.2, 0.25) is 0 Å². The van der Waals surface area contributed by atoms with E-state index in [0.717, 1.165) is 12.1 Å². The fraction of sp³-hybridized carbons (Fsp3) is 0.357. The molecular formula is C28H28F3N5O6. The predicted octanol–water partition coefficient (Wildman–Crippen LogP) is 4.35. The monoisotopic (exact) mass is 587 g/mol. The van der Waals surface area contributed by atoms with Crippen molar-refractivity contribution in [3.63, 3.8) is 0 Å². The first kappa shape index (κ1) is 28.9. The highest BCUT2D eigenvalue weighted by Crippen LogP contribution is 2.30. The van der Waals surface area contributed by atoms with E-state index in [2.05, 4.69) is 5.10 Å². The third kappa shape index (κ3) is 5.49. The second-order valence-corrected chi connectivity index (χ2v) is 9.71. The lowest BCUT2D eigenvalue weighted by Gasteiger charge is -2.13. The number of hydrogen-bond donors (Lipinski definition) is 0. The van der Waals surface area contributed by atoms with Crippen molar-refractivity contribution in [1.29, 1.82) is 0 Å². The molecule has 14 heteroatoms. The highest BCUT2D eigenvalue weighted by atomic mass is 19.4. The van der Waals surface area contributed by atoms with Gasteiger partial charge in [0.25, 0.3) is 5.56 Å². The third-order valence-corrected chi connectivity index (χ3v) is 6.86. The van der Waals surface area contributed by atoms with Gasteiger partial charge in [-0.2, -0.15) is 18.3 Å². The molecule has 0 saturated heterocycles. The first-order chi connectivity index (χ1) is 20.0. The summed E-state index contributed by atoms with van der Waals surface area (Å²) in [5, 5.41) is 4.33. The van der Waals surface area contributed by atoms with Gasteiger partial charge in [-0.3, -0.25) is 18.6 Å². The third-order valence-electron chi connectivity index (χ3n) is 6.86. The summed E-state index contributed by atoms with van der Waals surface area (Å²) in [6, 6.07) is 6.68. The van der Waals surface area contributed by atoms with Crippen molar-refractivity contribution in [2.24, 2.45) is 0 Å². The summed E-state index contributed by atoms with van der Waals surface area (Å²) in [5.74, 6) is -0.403. The first-order valence-corrected chi connectivity index (χ1v) is 13.2. The molecule has 0 radical (unpaired) electrons. The van der Waals surface area contributed by atoms with E-state index in [1.807, 2.05) is 6.92 Å². The fourth-order valence-corrected chi connectivity index (χ4v) is 4.88. The minimum atomic E-state index is -4.47. The zero-order chi connectivity index (χ0) is 30.2. The number of benzene rings is 1. The Bertz CT molecular complexity index is 1920. The van der Waals surface area contributed by atoms with Gasteiger partial charge in [0, 0.05) is 24.8 Å². The van der Waals surface area contributed by atoms with Gasteiger partial charge in [0.15, 0.2) is 5.76 Å². The zero-order valence-electron chi connectivity index (χ0n) is 23.1. The number of halogens is 3. The Labute approximate surface area is 236 Å². The molecule has 1 aromatic carbocycles. The van der Waals surface area contributed by atoms with Crippen LogP contribution in [0.25, 0.3) is 22.3 Å². The molecule has 0 amide bonds. The molecule has 11 nitrogen and oxygen atoms in total. The zero-order valence-corrected chi connectivity index (χ0v) is 23.1. The second-order valence-electron chi connectivity index (χ2n) is 9.71. The Balaban J connectivity index is 1.58. The van der Waals surface area contributed by atoms with E-state index < -0.39 is 28.8 Å². The van der Waals surface area contributed by atoms with Crippen LogP contribution in [-0.4, -0.2) is 23.5 Å². The molecule has 0 unspecified atom stereocenters. The molecule has 5 rings (SSSR count). The average molecular weight is 588 g/mol. The molecule has 0 saturated carbocycles. The van der Waals surface area contributed by atoms with Crippen LogP contribution >= 0.6 is 0 Å². The summed E-state index contributed by atoms with van der Waals surface area (Å²) in [6.45, 7) is 5.54. The summed E-state index contributed by atoms with van der Waals surface area (Å²) < 4.78 is 61.1. The van der Waals surface area contributed by atoms with E-state index in [1.54, 1.807) is 36.7 Å². The van der Waals surface area contributed by atoms with Crippen molar-refractivity contribution < 1.29 is 26.7 Å². The molecule has 222 valence electrons. The van der Waals surface area contributed by atoms with Crippen LogP contribution < -0.4 is 17.1 Å². The van der Waals surface area contributed by atoms with Crippen LogP contribution in [0.15, 0.2) is 65.9 Å². The predicted molar refractivity (Wildman–Crippen MR) is 145 cm³/mol. The number of nitrogens with zero attached hydrogens (tertiary/aromatic N) is 5. The van der Waals surface area contributed by atoms with Gasteiger partial charge in [-0.25, -0.2) is 9.59 Å². The molecule has 0 N–H and O–H groups in total. The molecule has 0 aliphatic rings. The fourth-order valence-electron chi connectivity index (χ4n) is 4.88. The van der Waals surface area contributed by atoms with Gasteiger partial charge in [-0.1, -0.05) is 19.1 Å². The maximum Gasteiger partial charge on any atom is 0.519 e. The van der Waals surface area contributed by atoms with Crippen molar-refractivity contribution in [2.75, 3.05) is 0 Å². The topological polar surface area (TPSA) is 119 Å². The molecule has 0 fully saturated rings. The largest absolute Gasteiger partial charge is 0.519 e. The maximum atomic E-state index is 13.6. The molecule has 42 heavy (non-hydrogen) atoms. The van der Waals surface area contributed by atoms with Crippen molar-refractivity contribution in [1.82, 2.24) is 23.5 Å². The van der Waals surface area contributed by atoms with E-state index in [1.165, 1.54) is 26.1 Å². The molecule has 0 spiro atoms. The number of ether oxygens (including phenoxy) is 1. The maximum absolute atomic E-state index is 13.6. The summed E-state index contributed by atoms with van der Waals surface area (Å²) in [4.78, 5) is 38.2. The Kier molecular flexibility index (Phi) is 7.82. The van der Waals surface area contributed by atoms with Crippen LogP contribution in [0.1, 0.15) is 42.9 Å². The molecule has 0 aliphatic carbocycles. The van der Waals surface area contributed by atoms with Crippen molar-refractivity contribution >= 4 is 11.0 Å². The van der Waals surface area contributed by atoms with Crippen LogP contribution in [0, 0.1) is 6.92 Å². The van der Waals surface area contributed by atoms with Crippen LogP contribution in [-0.2, 0) is 43.9 Å². The Morgan fingerprint density at radius 1 is 1.02 bits per heavy atom. The minimum Gasteiger partial charge on any atom is -0.396 e. The standard InChI is InChI=1S/C28H28F3N5O6/c1-4-9-35-25(37)24-22(34(5-2)26(35)38)11-21(36(24)16-40-15-23-17(3)41-27(39)42-23)19-12-32-33(14-19)13-18-7-6-8-20(10-18)28(29,30)31/h6-8,10-12,14H,4-5,9,13,15-16H2,1-3H3. The van der Waals surface area contributed by atoms with E-state index in [4.69, 9.17) is 13.6 Å². The molecule has 0 atom stereocenters. The Morgan fingerprint density at radius 3 is 2.48 bits per heavy atom. The number of fused-ring (bicyclic) bond motifs is 1. The van der Waals surface area contributed by atoms with Gasteiger partial charge in [0.1, 0.15) is 24.6 Å². The summed E-state index contributed by atoms with van der Waals surface area (Å²) in [5.41, 5.74) is 0.405. The van der Waals surface area contributed by atoms with Crippen molar-refractivity contribution in [2.45, 2.75) is 66.3 Å². The van der Waals surface area contributed by atoms with Gasteiger partial charge in [0.05, 0.1) is 29.5 Å². The summed E-state index contributed by atoms with van der Waals surface area (Å²) in [6.07, 6.45) is -0.737. The van der Waals surface area contributed by atoms with Crippen molar-refractivity contribution in [3.05, 3.63) is 96.8 Å². The van der Waals surface area contributed by atoms with Gasteiger partial charge >= 0.3 is 17.7 Å². The lowest BCUT2D eigenvalue weighted by Crippen LogP contribution is -2.40. The molecule has 0 bridgehead atoms. The first-order valence-electron chi connectivity index (χ1n) is 13.2.